The van der Waals surface area contributed by atoms with Gasteiger partial charge in [-0.3, -0.25) is 4.68 Å². The van der Waals surface area contributed by atoms with Crippen molar-refractivity contribution in [2.75, 3.05) is 5.32 Å². The van der Waals surface area contributed by atoms with Crippen molar-refractivity contribution in [1.82, 2.24) is 14.8 Å². The molecule has 0 aliphatic rings. The van der Waals surface area contributed by atoms with Crippen LogP contribution in [0.4, 0.5) is 5.13 Å². The SMILES string of the molecule is Cn1nccc1CNc1nc2ccc(Br)cc2s1. The molecular weight excluding hydrogens is 312 g/mol. The molecule has 0 fully saturated rings. The van der Waals surface area contributed by atoms with Gasteiger partial charge in [0.15, 0.2) is 5.13 Å². The fourth-order valence-corrected chi connectivity index (χ4v) is 3.13. The first-order chi connectivity index (χ1) is 8.72. The molecule has 3 rings (SSSR count). The maximum absolute atomic E-state index is 4.54. The van der Waals surface area contributed by atoms with Crippen molar-refractivity contribution in [2.45, 2.75) is 6.54 Å². The van der Waals surface area contributed by atoms with Gasteiger partial charge in [0.25, 0.3) is 0 Å². The minimum Gasteiger partial charge on any atom is -0.356 e. The van der Waals surface area contributed by atoms with Gasteiger partial charge in [0, 0.05) is 17.7 Å². The third-order valence-electron chi connectivity index (χ3n) is 2.69. The van der Waals surface area contributed by atoms with Crippen LogP contribution in [0, 0.1) is 0 Å². The van der Waals surface area contributed by atoms with Crippen LogP contribution in [0.3, 0.4) is 0 Å². The number of aryl methyl sites for hydroxylation is 1. The maximum atomic E-state index is 4.54. The van der Waals surface area contributed by atoms with Gasteiger partial charge in [-0.1, -0.05) is 27.3 Å². The molecule has 2 heterocycles. The van der Waals surface area contributed by atoms with Crippen molar-refractivity contribution < 1.29 is 0 Å². The van der Waals surface area contributed by atoms with Gasteiger partial charge in [-0.2, -0.15) is 5.10 Å². The van der Waals surface area contributed by atoms with E-state index < -0.39 is 0 Å². The highest BCUT2D eigenvalue weighted by Gasteiger charge is 2.05. The Balaban J connectivity index is 1.81. The molecule has 0 radical (unpaired) electrons. The van der Waals surface area contributed by atoms with Crippen LogP contribution < -0.4 is 5.32 Å². The lowest BCUT2D eigenvalue weighted by atomic mass is 10.3. The lowest BCUT2D eigenvalue weighted by molar-refractivity contribution is 0.720. The summed E-state index contributed by atoms with van der Waals surface area (Å²) in [6.45, 7) is 0.734. The van der Waals surface area contributed by atoms with Gasteiger partial charge in [-0.05, 0) is 24.3 Å². The topological polar surface area (TPSA) is 42.7 Å². The Labute approximate surface area is 117 Å². The van der Waals surface area contributed by atoms with Crippen LogP contribution in [0.1, 0.15) is 5.69 Å². The number of benzene rings is 1. The summed E-state index contributed by atoms with van der Waals surface area (Å²) in [5.41, 5.74) is 2.16. The Morgan fingerprint density at radius 1 is 1.39 bits per heavy atom. The standard InChI is InChI=1S/C12H11BrN4S/c1-17-9(4-5-15-17)7-14-12-16-10-3-2-8(13)6-11(10)18-12/h2-6H,7H2,1H3,(H,14,16). The average molecular weight is 323 g/mol. The molecule has 0 unspecified atom stereocenters. The normalized spacial score (nSPS) is 11.0. The van der Waals surface area contributed by atoms with E-state index in [1.807, 2.05) is 29.9 Å². The van der Waals surface area contributed by atoms with Crippen LogP contribution in [0.5, 0.6) is 0 Å². The predicted octanol–water partition coefficient (Wildman–Crippen LogP) is 3.40. The Kier molecular flexibility index (Phi) is 3.05. The number of halogens is 1. The lowest BCUT2D eigenvalue weighted by Gasteiger charge is -2.02. The Morgan fingerprint density at radius 3 is 3.06 bits per heavy atom. The van der Waals surface area contributed by atoms with E-state index in [0.717, 1.165) is 27.4 Å². The number of aromatic nitrogens is 3. The van der Waals surface area contributed by atoms with Crippen molar-refractivity contribution in [3.8, 4) is 0 Å². The van der Waals surface area contributed by atoms with Gasteiger partial charge in [-0.15, -0.1) is 0 Å². The molecule has 4 nitrogen and oxygen atoms in total. The van der Waals surface area contributed by atoms with E-state index >= 15 is 0 Å². The van der Waals surface area contributed by atoms with E-state index in [1.54, 1.807) is 17.5 Å². The summed E-state index contributed by atoms with van der Waals surface area (Å²) in [4.78, 5) is 4.54. The number of hydrogen-bond donors (Lipinski definition) is 1. The third-order valence-corrected chi connectivity index (χ3v) is 4.16. The highest BCUT2D eigenvalue weighted by Crippen LogP contribution is 2.28. The Bertz CT molecular complexity index is 688. The van der Waals surface area contributed by atoms with Crippen molar-refractivity contribution in [2.24, 2.45) is 7.05 Å². The first kappa shape index (κ1) is 11.7. The number of anilines is 1. The number of nitrogens with one attached hydrogen (secondary N) is 1. The maximum Gasteiger partial charge on any atom is 0.184 e. The van der Waals surface area contributed by atoms with Crippen LogP contribution in [0.25, 0.3) is 10.2 Å². The monoisotopic (exact) mass is 322 g/mol. The average Bonchev–Trinajstić information content (AvgIpc) is 2.92. The molecule has 0 aliphatic carbocycles. The molecule has 6 heteroatoms. The summed E-state index contributed by atoms with van der Waals surface area (Å²) in [5, 5.41) is 8.40. The number of rotatable bonds is 3. The minimum atomic E-state index is 0.734. The van der Waals surface area contributed by atoms with Crippen LogP contribution in [-0.4, -0.2) is 14.8 Å². The second-order valence-corrected chi connectivity index (χ2v) is 5.88. The summed E-state index contributed by atoms with van der Waals surface area (Å²) in [6.07, 6.45) is 1.80. The molecule has 0 atom stereocenters. The molecule has 18 heavy (non-hydrogen) atoms. The zero-order chi connectivity index (χ0) is 12.5. The van der Waals surface area contributed by atoms with Crippen LogP contribution in [0.2, 0.25) is 0 Å². The molecule has 0 bridgehead atoms. The summed E-state index contributed by atoms with van der Waals surface area (Å²) in [5.74, 6) is 0. The number of thiazole rings is 1. The Morgan fingerprint density at radius 2 is 2.28 bits per heavy atom. The fraction of sp³-hybridized carbons (Fsp3) is 0.167. The van der Waals surface area contributed by atoms with Crippen LogP contribution in [-0.2, 0) is 13.6 Å². The van der Waals surface area contributed by atoms with Crippen LogP contribution >= 0.6 is 27.3 Å². The van der Waals surface area contributed by atoms with Crippen molar-refractivity contribution in [1.29, 1.82) is 0 Å². The predicted molar refractivity (Wildman–Crippen MR) is 77.9 cm³/mol. The molecule has 1 aromatic carbocycles. The third kappa shape index (κ3) is 2.26. The van der Waals surface area contributed by atoms with E-state index in [4.69, 9.17) is 0 Å². The van der Waals surface area contributed by atoms with Crippen LogP contribution in [0.15, 0.2) is 34.9 Å². The molecule has 3 aromatic rings. The molecule has 0 spiro atoms. The number of nitrogens with zero attached hydrogens (tertiary/aromatic N) is 3. The van der Waals surface area contributed by atoms with E-state index in [2.05, 4.69) is 37.4 Å². The summed E-state index contributed by atoms with van der Waals surface area (Å²) >= 11 is 5.13. The minimum absolute atomic E-state index is 0.734. The first-order valence-corrected chi connectivity index (χ1v) is 7.10. The molecule has 2 aromatic heterocycles. The van der Waals surface area contributed by atoms with Gasteiger partial charge in [0.2, 0.25) is 0 Å². The smallest absolute Gasteiger partial charge is 0.184 e. The second-order valence-electron chi connectivity index (χ2n) is 3.93. The molecule has 92 valence electrons. The van der Waals surface area contributed by atoms with E-state index in [9.17, 15) is 0 Å². The van der Waals surface area contributed by atoms with Gasteiger partial charge < -0.3 is 5.32 Å². The van der Waals surface area contributed by atoms with Gasteiger partial charge >= 0.3 is 0 Å². The van der Waals surface area contributed by atoms with E-state index in [-0.39, 0.29) is 0 Å². The molecule has 0 amide bonds. The van der Waals surface area contributed by atoms with Gasteiger partial charge in [0.05, 0.1) is 22.5 Å². The van der Waals surface area contributed by atoms with E-state index in [1.165, 1.54) is 4.70 Å². The first-order valence-electron chi connectivity index (χ1n) is 5.49. The van der Waals surface area contributed by atoms with E-state index in [0.29, 0.717) is 0 Å². The quantitative estimate of drug-likeness (QED) is 0.803. The molecular formula is C12H11BrN4S. The molecule has 0 saturated heterocycles. The van der Waals surface area contributed by atoms with Crippen molar-refractivity contribution >= 4 is 42.6 Å². The number of hydrogen-bond acceptors (Lipinski definition) is 4. The highest BCUT2D eigenvalue weighted by molar-refractivity contribution is 9.10. The van der Waals surface area contributed by atoms with Crippen molar-refractivity contribution in [3.63, 3.8) is 0 Å². The summed E-state index contributed by atoms with van der Waals surface area (Å²) < 4.78 is 4.12. The molecule has 0 aliphatic heterocycles. The zero-order valence-corrected chi connectivity index (χ0v) is 12.1. The number of fused-ring (bicyclic) bond motifs is 1. The molecule has 0 saturated carbocycles. The lowest BCUT2D eigenvalue weighted by Crippen LogP contribution is -2.04. The Hall–Kier alpha value is -1.40. The largest absolute Gasteiger partial charge is 0.356 e. The van der Waals surface area contributed by atoms with Crippen molar-refractivity contribution in [3.05, 3.63) is 40.6 Å². The second kappa shape index (κ2) is 4.70. The summed E-state index contributed by atoms with van der Waals surface area (Å²) in [7, 11) is 1.94. The fourth-order valence-electron chi connectivity index (χ4n) is 1.71. The van der Waals surface area contributed by atoms with Gasteiger partial charge in [-0.25, -0.2) is 4.98 Å². The highest BCUT2D eigenvalue weighted by atomic mass is 79.9. The van der Waals surface area contributed by atoms with Gasteiger partial charge in [0.1, 0.15) is 0 Å². The molecule has 1 N–H and O–H groups in total. The zero-order valence-electron chi connectivity index (χ0n) is 9.72. The summed E-state index contributed by atoms with van der Waals surface area (Å²) in [6, 6.07) is 8.11.